The molecule has 0 saturated carbocycles. The number of carbonyl (C=O) groups is 1. The first-order valence-electron chi connectivity index (χ1n) is 9.61. The Morgan fingerprint density at radius 2 is 1.72 bits per heavy atom. The molecule has 1 amide bonds. The molecule has 166 valence electrons. The van der Waals surface area contributed by atoms with Gasteiger partial charge in [-0.2, -0.15) is 5.10 Å². The van der Waals surface area contributed by atoms with Crippen LogP contribution in [0.4, 0.5) is 10.1 Å². The third-order valence-corrected chi connectivity index (χ3v) is 6.34. The Kier molecular flexibility index (Phi) is 7.21. The van der Waals surface area contributed by atoms with Crippen molar-refractivity contribution < 1.29 is 22.3 Å². The van der Waals surface area contributed by atoms with E-state index < -0.39 is 28.3 Å². The first-order chi connectivity index (χ1) is 15.3. The number of ether oxygens (including phenoxy) is 1. The topological polar surface area (TPSA) is 88.1 Å². The van der Waals surface area contributed by atoms with E-state index >= 15 is 0 Å². The third kappa shape index (κ3) is 5.50. The van der Waals surface area contributed by atoms with Gasteiger partial charge in [0.1, 0.15) is 18.1 Å². The van der Waals surface area contributed by atoms with Gasteiger partial charge in [-0.3, -0.25) is 9.10 Å². The van der Waals surface area contributed by atoms with Crippen LogP contribution in [0.3, 0.4) is 0 Å². The van der Waals surface area contributed by atoms with Crippen molar-refractivity contribution in [2.75, 3.05) is 18.0 Å². The molecule has 9 heteroatoms. The van der Waals surface area contributed by atoms with E-state index in [2.05, 4.69) is 10.5 Å². The van der Waals surface area contributed by atoms with E-state index in [9.17, 15) is 17.6 Å². The Morgan fingerprint density at radius 3 is 2.34 bits per heavy atom. The monoisotopic (exact) mass is 455 g/mol. The number of nitrogens with one attached hydrogen (secondary N) is 1. The zero-order valence-electron chi connectivity index (χ0n) is 17.5. The quantitative estimate of drug-likeness (QED) is 0.416. The highest BCUT2D eigenvalue weighted by atomic mass is 32.2. The fraction of sp³-hybridized carbons (Fsp3) is 0.130. The van der Waals surface area contributed by atoms with E-state index in [0.717, 1.165) is 16.1 Å². The molecule has 1 N–H and O–H groups in total. The second-order valence-corrected chi connectivity index (χ2v) is 8.70. The minimum absolute atomic E-state index is 0.0431. The second kappa shape index (κ2) is 10.1. The molecule has 0 aliphatic rings. The average molecular weight is 456 g/mol. The van der Waals surface area contributed by atoms with Crippen LogP contribution in [-0.2, 0) is 14.8 Å². The number of hydrogen-bond donors (Lipinski definition) is 1. The fourth-order valence-electron chi connectivity index (χ4n) is 2.82. The summed E-state index contributed by atoms with van der Waals surface area (Å²) in [5.74, 6) is -0.642. The van der Waals surface area contributed by atoms with Crippen molar-refractivity contribution in [1.82, 2.24) is 5.43 Å². The molecular formula is C23H22FN3O4S. The second-order valence-electron chi connectivity index (χ2n) is 6.84. The van der Waals surface area contributed by atoms with Crippen LogP contribution in [0.1, 0.15) is 11.1 Å². The third-order valence-electron chi connectivity index (χ3n) is 4.55. The largest absolute Gasteiger partial charge is 0.497 e. The van der Waals surface area contributed by atoms with Crippen LogP contribution in [0, 0.1) is 12.7 Å². The zero-order chi connectivity index (χ0) is 23.1. The van der Waals surface area contributed by atoms with Gasteiger partial charge in [-0.25, -0.2) is 18.2 Å². The number of methoxy groups -OCH3 is 1. The molecule has 0 radical (unpaired) electrons. The molecular weight excluding hydrogens is 433 g/mol. The molecule has 0 atom stereocenters. The number of sulfonamides is 1. The van der Waals surface area contributed by atoms with E-state index in [-0.39, 0.29) is 16.1 Å². The van der Waals surface area contributed by atoms with Crippen molar-refractivity contribution in [3.8, 4) is 5.75 Å². The highest BCUT2D eigenvalue weighted by Crippen LogP contribution is 2.26. The molecule has 0 spiro atoms. The van der Waals surface area contributed by atoms with Crippen LogP contribution >= 0.6 is 0 Å². The number of rotatable bonds is 8. The number of halogens is 1. The van der Waals surface area contributed by atoms with E-state index in [1.54, 1.807) is 42.5 Å². The maximum Gasteiger partial charge on any atom is 0.264 e. The lowest BCUT2D eigenvalue weighted by atomic mass is 10.2. The molecule has 3 aromatic carbocycles. The summed E-state index contributed by atoms with van der Waals surface area (Å²) in [7, 11) is -2.55. The van der Waals surface area contributed by atoms with E-state index in [1.807, 2.05) is 6.92 Å². The van der Waals surface area contributed by atoms with Gasteiger partial charge in [-0.15, -0.1) is 0 Å². The highest BCUT2D eigenvalue weighted by Gasteiger charge is 2.27. The van der Waals surface area contributed by atoms with Crippen molar-refractivity contribution >= 4 is 27.8 Å². The van der Waals surface area contributed by atoms with Crippen molar-refractivity contribution in [2.24, 2.45) is 5.10 Å². The molecule has 0 aliphatic heterocycles. The number of aryl methyl sites for hydroxylation is 1. The SMILES string of the molecule is COc1ccc(N(CC(=O)N/N=C/c2ccccc2F)S(=O)(=O)c2ccc(C)cc2)cc1. The molecule has 7 nitrogen and oxygen atoms in total. The van der Waals surface area contributed by atoms with Gasteiger partial charge in [0.25, 0.3) is 15.9 Å². The lowest BCUT2D eigenvalue weighted by Gasteiger charge is -2.24. The van der Waals surface area contributed by atoms with Gasteiger partial charge in [0, 0.05) is 5.56 Å². The average Bonchev–Trinajstić information content (AvgIpc) is 2.79. The number of nitrogens with zero attached hydrogens (tertiary/aromatic N) is 2. The van der Waals surface area contributed by atoms with Gasteiger partial charge < -0.3 is 4.74 Å². The first-order valence-corrected chi connectivity index (χ1v) is 11.0. The van der Waals surface area contributed by atoms with Gasteiger partial charge in [0.2, 0.25) is 0 Å². The summed E-state index contributed by atoms with van der Waals surface area (Å²) in [6, 6.07) is 18.5. The molecule has 0 aliphatic carbocycles. The number of carbonyl (C=O) groups excluding carboxylic acids is 1. The van der Waals surface area contributed by atoms with Crippen molar-refractivity contribution in [3.05, 3.63) is 89.7 Å². The molecule has 3 aromatic rings. The Hall–Kier alpha value is -3.72. The Morgan fingerprint density at radius 1 is 1.06 bits per heavy atom. The van der Waals surface area contributed by atoms with E-state index in [1.165, 1.54) is 37.4 Å². The van der Waals surface area contributed by atoms with Gasteiger partial charge in [-0.05, 0) is 49.4 Å². The molecule has 0 fully saturated rings. The smallest absolute Gasteiger partial charge is 0.264 e. The summed E-state index contributed by atoms with van der Waals surface area (Å²) in [4.78, 5) is 12.6. The summed E-state index contributed by atoms with van der Waals surface area (Å²) in [5, 5.41) is 3.74. The normalized spacial score (nSPS) is 11.3. The Bertz CT molecular complexity index is 1210. The van der Waals surface area contributed by atoms with Crippen molar-refractivity contribution in [2.45, 2.75) is 11.8 Å². The highest BCUT2D eigenvalue weighted by molar-refractivity contribution is 7.92. The first kappa shape index (κ1) is 23.0. The molecule has 0 heterocycles. The zero-order valence-corrected chi connectivity index (χ0v) is 18.3. The standard InChI is InChI=1S/C23H22FN3O4S/c1-17-7-13-21(14-8-17)32(29,30)27(19-9-11-20(31-2)12-10-19)16-23(28)26-25-15-18-5-3-4-6-22(18)24/h3-15H,16H2,1-2H3,(H,26,28)/b25-15+. The summed E-state index contributed by atoms with van der Waals surface area (Å²) >= 11 is 0. The molecule has 3 rings (SSSR count). The minimum atomic E-state index is -4.05. The van der Waals surface area contributed by atoms with Gasteiger partial charge in [-0.1, -0.05) is 35.9 Å². The van der Waals surface area contributed by atoms with Crippen molar-refractivity contribution in [3.63, 3.8) is 0 Å². The Balaban J connectivity index is 1.85. The van der Waals surface area contributed by atoms with Crippen LogP contribution in [0.25, 0.3) is 0 Å². The van der Waals surface area contributed by atoms with Gasteiger partial charge in [0.05, 0.1) is 23.9 Å². The predicted octanol–water partition coefficient (Wildman–Crippen LogP) is 3.49. The maximum atomic E-state index is 13.7. The van der Waals surface area contributed by atoms with Gasteiger partial charge >= 0.3 is 0 Å². The fourth-order valence-corrected chi connectivity index (χ4v) is 4.24. The van der Waals surface area contributed by atoms with Crippen LogP contribution in [0.2, 0.25) is 0 Å². The number of amides is 1. The summed E-state index contributed by atoms with van der Waals surface area (Å²) in [5.41, 5.74) is 3.61. The van der Waals surface area contributed by atoms with Crippen LogP contribution in [0.5, 0.6) is 5.75 Å². The molecule has 0 unspecified atom stereocenters. The maximum absolute atomic E-state index is 13.7. The summed E-state index contributed by atoms with van der Waals surface area (Å²) in [6.07, 6.45) is 1.15. The summed E-state index contributed by atoms with van der Waals surface area (Å²) in [6.45, 7) is 1.32. The molecule has 32 heavy (non-hydrogen) atoms. The lowest BCUT2D eigenvalue weighted by Crippen LogP contribution is -2.39. The molecule has 0 bridgehead atoms. The number of anilines is 1. The van der Waals surface area contributed by atoms with Gasteiger partial charge in [0.15, 0.2) is 0 Å². The molecule has 0 aromatic heterocycles. The van der Waals surface area contributed by atoms with E-state index in [0.29, 0.717) is 5.75 Å². The Labute approximate surface area is 186 Å². The molecule has 0 saturated heterocycles. The van der Waals surface area contributed by atoms with Crippen LogP contribution in [-0.4, -0.2) is 34.2 Å². The number of benzene rings is 3. The van der Waals surface area contributed by atoms with E-state index in [4.69, 9.17) is 4.74 Å². The predicted molar refractivity (Wildman–Crippen MR) is 121 cm³/mol. The lowest BCUT2D eigenvalue weighted by molar-refractivity contribution is -0.119. The van der Waals surface area contributed by atoms with Crippen molar-refractivity contribution in [1.29, 1.82) is 0 Å². The minimum Gasteiger partial charge on any atom is -0.497 e. The summed E-state index contributed by atoms with van der Waals surface area (Å²) < 4.78 is 46.4. The number of hydrogen-bond acceptors (Lipinski definition) is 5. The van der Waals surface area contributed by atoms with Crippen LogP contribution < -0.4 is 14.5 Å². The van der Waals surface area contributed by atoms with Crippen LogP contribution in [0.15, 0.2) is 82.8 Å². The number of hydrazone groups is 1.